The van der Waals surface area contributed by atoms with Crippen LogP contribution < -0.4 is 0 Å². The molecule has 0 aliphatic heterocycles. The van der Waals surface area contributed by atoms with E-state index in [1.807, 2.05) is 11.6 Å². The van der Waals surface area contributed by atoms with Crippen LogP contribution in [-0.2, 0) is 13.7 Å². The van der Waals surface area contributed by atoms with Gasteiger partial charge in [0.2, 0.25) is 0 Å². The quantitative estimate of drug-likeness (QED) is 0.793. The maximum Gasteiger partial charge on any atom is 0.158 e. The highest BCUT2D eigenvalue weighted by Crippen LogP contribution is 2.52. The van der Waals surface area contributed by atoms with Crippen molar-refractivity contribution < 1.29 is 5.11 Å². The van der Waals surface area contributed by atoms with Gasteiger partial charge in [0.15, 0.2) is 5.82 Å². The molecule has 0 spiro atoms. The minimum Gasteiger partial charge on any atom is -0.388 e. The highest BCUT2D eigenvalue weighted by Gasteiger charge is 2.42. The fourth-order valence-electron chi connectivity index (χ4n) is 3.40. The summed E-state index contributed by atoms with van der Waals surface area (Å²) in [5.41, 5.74) is 0. The van der Waals surface area contributed by atoms with Crippen molar-refractivity contribution in [1.82, 2.24) is 14.8 Å². The van der Waals surface area contributed by atoms with Crippen LogP contribution >= 0.6 is 0 Å². The van der Waals surface area contributed by atoms with Crippen LogP contribution in [0.2, 0.25) is 0 Å². The second-order valence-electron chi connectivity index (χ2n) is 4.97. The van der Waals surface area contributed by atoms with Crippen molar-refractivity contribution in [3.05, 3.63) is 11.6 Å². The second kappa shape index (κ2) is 3.30. The van der Waals surface area contributed by atoms with Crippen molar-refractivity contribution in [3.8, 4) is 0 Å². The number of fused-ring (bicyclic) bond motifs is 2. The molecule has 82 valence electrons. The minimum atomic E-state index is -0.00961. The van der Waals surface area contributed by atoms with Gasteiger partial charge in [-0.1, -0.05) is 6.42 Å². The van der Waals surface area contributed by atoms with Gasteiger partial charge in [-0.2, -0.15) is 0 Å². The van der Waals surface area contributed by atoms with E-state index in [0.717, 1.165) is 17.7 Å². The molecule has 0 aromatic carbocycles. The molecule has 4 heteroatoms. The predicted octanol–water partition coefficient (Wildman–Crippen LogP) is 1.21. The monoisotopic (exact) mass is 207 g/mol. The normalized spacial score (nSPS) is 33.9. The van der Waals surface area contributed by atoms with Crippen LogP contribution in [0.15, 0.2) is 0 Å². The van der Waals surface area contributed by atoms with Gasteiger partial charge in [-0.05, 0) is 31.1 Å². The van der Waals surface area contributed by atoms with Crippen molar-refractivity contribution in [2.24, 2.45) is 18.9 Å². The Bertz CT molecular complexity index is 374. The summed E-state index contributed by atoms with van der Waals surface area (Å²) in [6.07, 6.45) is 5.43. The van der Waals surface area contributed by atoms with Crippen LogP contribution in [0.5, 0.6) is 0 Å². The molecule has 1 N–H and O–H groups in total. The fourth-order valence-corrected chi connectivity index (χ4v) is 3.40. The molecule has 1 aromatic rings. The first kappa shape index (κ1) is 9.33. The van der Waals surface area contributed by atoms with Crippen molar-refractivity contribution in [1.29, 1.82) is 0 Å². The number of nitrogens with zero attached hydrogens (tertiary/aromatic N) is 3. The molecule has 4 nitrogen and oxygen atoms in total. The van der Waals surface area contributed by atoms with Gasteiger partial charge >= 0.3 is 0 Å². The fraction of sp³-hybridized carbons (Fsp3) is 0.818. The summed E-state index contributed by atoms with van der Waals surface area (Å²) in [6.45, 7) is -0.00961. The summed E-state index contributed by atoms with van der Waals surface area (Å²) < 4.78 is 1.98. The van der Waals surface area contributed by atoms with E-state index in [-0.39, 0.29) is 6.61 Å². The van der Waals surface area contributed by atoms with E-state index in [1.165, 1.54) is 25.7 Å². The van der Waals surface area contributed by atoms with Crippen molar-refractivity contribution in [3.63, 3.8) is 0 Å². The van der Waals surface area contributed by atoms with E-state index >= 15 is 0 Å². The summed E-state index contributed by atoms with van der Waals surface area (Å²) in [5, 5.41) is 17.3. The van der Waals surface area contributed by atoms with Crippen LogP contribution in [0, 0.1) is 11.8 Å². The molecular formula is C11H17N3O. The molecular weight excluding hydrogens is 190 g/mol. The summed E-state index contributed by atoms with van der Waals surface area (Å²) in [7, 11) is 1.97. The van der Waals surface area contributed by atoms with Gasteiger partial charge < -0.3 is 9.67 Å². The maximum absolute atomic E-state index is 9.08. The third kappa shape index (κ3) is 1.31. The Morgan fingerprint density at radius 2 is 2.20 bits per heavy atom. The lowest BCUT2D eigenvalue weighted by atomic mass is 9.88. The number of aromatic nitrogens is 3. The Morgan fingerprint density at radius 1 is 1.33 bits per heavy atom. The van der Waals surface area contributed by atoms with E-state index in [9.17, 15) is 0 Å². The smallest absolute Gasteiger partial charge is 0.158 e. The van der Waals surface area contributed by atoms with Gasteiger partial charge in [-0.25, -0.2) is 0 Å². The van der Waals surface area contributed by atoms with Crippen LogP contribution in [-0.4, -0.2) is 19.9 Å². The third-order valence-corrected chi connectivity index (χ3v) is 4.21. The summed E-state index contributed by atoms with van der Waals surface area (Å²) in [5.74, 6) is 4.12. The first-order valence-corrected chi connectivity index (χ1v) is 5.78. The summed E-state index contributed by atoms with van der Waals surface area (Å²) in [4.78, 5) is 0. The molecule has 15 heavy (non-hydrogen) atoms. The van der Waals surface area contributed by atoms with Crippen LogP contribution in [0.3, 0.4) is 0 Å². The molecule has 1 aromatic heterocycles. The Balaban J connectivity index is 1.90. The molecule has 2 saturated carbocycles. The van der Waals surface area contributed by atoms with Crippen LogP contribution in [0.4, 0.5) is 0 Å². The van der Waals surface area contributed by atoms with Crippen molar-refractivity contribution in [2.45, 2.75) is 38.2 Å². The topological polar surface area (TPSA) is 50.9 Å². The molecule has 3 atom stereocenters. The number of rotatable bonds is 2. The number of hydrogen-bond acceptors (Lipinski definition) is 3. The number of aliphatic hydroxyl groups is 1. The predicted molar refractivity (Wildman–Crippen MR) is 55.1 cm³/mol. The average molecular weight is 207 g/mol. The third-order valence-electron chi connectivity index (χ3n) is 4.21. The molecule has 0 radical (unpaired) electrons. The lowest BCUT2D eigenvalue weighted by Crippen LogP contribution is -2.14. The Kier molecular flexibility index (Phi) is 2.06. The minimum absolute atomic E-state index is 0.00961. The van der Waals surface area contributed by atoms with Crippen molar-refractivity contribution in [2.75, 3.05) is 0 Å². The van der Waals surface area contributed by atoms with E-state index in [1.54, 1.807) is 0 Å². The molecule has 0 saturated heterocycles. The van der Waals surface area contributed by atoms with E-state index in [0.29, 0.717) is 11.7 Å². The molecule has 3 rings (SSSR count). The van der Waals surface area contributed by atoms with Crippen LogP contribution in [0.25, 0.3) is 0 Å². The molecule has 2 bridgehead atoms. The number of aliphatic hydroxyl groups excluding tert-OH is 1. The first-order valence-electron chi connectivity index (χ1n) is 5.78. The van der Waals surface area contributed by atoms with E-state index < -0.39 is 0 Å². The molecule has 1 heterocycles. The lowest BCUT2D eigenvalue weighted by molar-refractivity contribution is 0.266. The molecule has 3 unspecified atom stereocenters. The Morgan fingerprint density at radius 3 is 2.73 bits per heavy atom. The number of hydrogen-bond donors (Lipinski definition) is 1. The standard InChI is InChI=1S/C11H17N3O/c1-14-10(6-15)12-13-11(14)9-5-7-2-3-8(9)4-7/h7-9,15H,2-6H2,1H3. The SMILES string of the molecule is Cn1c(CO)nnc1C1CC2CCC1C2. The van der Waals surface area contributed by atoms with Gasteiger partial charge in [0.05, 0.1) is 0 Å². The molecule has 2 aliphatic carbocycles. The highest BCUT2D eigenvalue weighted by atomic mass is 16.3. The van der Waals surface area contributed by atoms with E-state index in [2.05, 4.69) is 10.2 Å². The van der Waals surface area contributed by atoms with Gasteiger partial charge in [0.25, 0.3) is 0 Å². The zero-order chi connectivity index (χ0) is 10.4. The average Bonchev–Trinajstić information content (AvgIpc) is 2.91. The first-order chi connectivity index (χ1) is 7.29. The van der Waals surface area contributed by atoms with Gasteiger partial charge in [-0.15, -0.1) is 10.2 Å². The zero-order valence-corrected chi connectivity index (χ0v) is 9.06. The summed E-state index contributed by atoms with van der Waals surface area (Å²) in [6, 6.07) is 0. The largest absolute Gasteiger partial charge is 0.388 e. The van der Waals surface area contributed by atoms with Crippen LogP contribution in [0.1, 0.15) is 43.3 Å². The van der Waals surface area contributed by atoms with Crippen molar-refractivity contribution >= 4 is 0 Å². The second-order valence-corrected chi connectivity index (χ2v) is 4.97. The summed E-state index contributed by atoms with van der Waals surface area (Å²) >= 11 is 0. The van der Waals surface area contributed by atoms with Gasteiger partial charge in [0.1, 0.15) is 12.4 Å². The highest BCUT2D eigenvalue weighted by molar-refractivity contribution is 5.09. The molecule has 2 aliphatic rings. The van der Waals surface area contributed by atoms with Gasteiger partial charge in [-0.3, -0.25) is 0 Å². The molecule has 0 amide bonds. The zero-order valence-electron chi connectivity index (χ0n) is 9.06. The maximum atomic E-state index is 9.08. The Labute approximate surface area is 89.3 Å². The van der Waals surface area contributed by atoms with Gasteiger partial charge in [0, 0.05) is 13.0 Å². The Hall–Kier alpha value is -0.900. The van der Waals surface area contributed by atoms with E-state index in [4.69, 9.17) is 5.11 Å². The lowest BCUT2D eigenvalue weighted by Gasteiger charge is -2.20. The molecule has 2 fully saturated rings.